The van der Waals surface area contributed by atoms with Crippen molar-refractivity contribution in [2.45, 2.75) is 13.0 Å². The summed E-state index contributed by atoms with van der Waals surface area (Å²) in [5, 5.41) is 1.10. The molecule has 0 atom stereocenters. The average molecular weight is 350 g/mol. The zero-order chi connectivity index (χ0) is 17.8. The summed E-state index contributed by atoms with van der Waals surface area (Å²) >= 11 is 0. The van der Waals surface area contributed by atoms with Crippen molar-refractivity contribution < 1.29 is 8.81 Å². The van der Waals surface area contributed by atoms with Crippen LogP contribution >= 0.6 is 0 Å². The number of nitrogens with zero attached hydrogens (tertiary/aromatic N) is 3. The molecule has 0 saturated carbocycles. The van der Waals surface area contributed by atoms with Crippen LogP contribution in [0.2, 0.25) is 0 Å². The number of oxazole rings is 1. The Morgan fingerprint density at radius 3 is 2.92 bits per heavy atom. The van der Waals surface area contributed by atoms with Crippen molar-refractivity contribution in [3.63, 3.8) is 0 Å². The highest BCUT2D eigenvalue weighted by Crippen LogP contribution is 2.32. The molecule has 0 radical (unpaired) electrons. The van der Waals surface area contributed by atoms with Crippen molar-refractivity contribution >= 4 is 33.7 Å². The molecule has 5 rings (SSSR count). The highest BCUT2D eigenvalue weighted by Gasteiger charge is 2.22. The van der Waals surface area contributed by atoms with E-state index in [-0.39, 0.29) is 5.82 Å². The molecule has 0 fully saturated rings. The maximum Gasteiger partial charge on any atom is 0.297 e. The summed E-state index contributed by atoms with van der Waals surface area (Å²) in [7, 11) is 3.83. The van der Waals surface area contributed by atoms with Crippen molar-refractivity contribution in [1.29, 1.82) is 0 Å². The summed E-state index contributed by atoms with van der Waals surface area (Å²) in [6, 6.07) is 11.7. The second-order valence-electron chi connectivity index (χ2n) is 6.99. The Morgan fingerprint density at radius 1 is 1.19 bits per heavy atom. The van der Waals surface area contributed by atoms with Gasteiger partial charge < -0.3 is 19.2 Å². The predicted octanol–water partition coefficient (Wildman–Crippen LogP) is 4.08. The Morgan fingerprint density at radius 2 is 2.08 bits per heavy atom. The van der Waals surface area contributed by atoms with Gasteiger partial charge in [0.25, 0.3) is 6.01 Å². The van der Waals surface area contributed by atoms with Crippen LogP contribution in [0.25, 0.3) is 22.0 Å². The number of rotatable bonds is 2. The standard InChI is InChI=1S/C20H19FN4O/c1-24(2)20-23-18-10-13(4-6-19(18)26-20)25-8-7-16-15(11-25)14-5-3-12(21)9-17(14)22-16/h3-6,9-10,22H,7-8,11H2,1-2H3. The molecule has 0 spiro atoms. The molecule has 0 saturated heterocycles. The number of aromatic amines is 1. The molecule has 1 N–H and O–H groups in total. The number of fused-ring (bicyclic) bond motifs is 4. The average Bonchev–Trinajstić information content (AvgIpc) is 3.21. The van der Waals surface area contributed by atoms with Gasteiger partial charge in [-0.05, 0) is 36.4 Å². The number of halogens is 1. The van der Waals surface area contributed by atoms with E-state index in [1.807, 2.05) is 31.1 Å². The third-order valence-electron chi connectivity index (χ3n) is 5.04. The van der Waals surface area contributed by atoms with Crippen molar-refractivity contribution in [2.24, 2.45) is 0 Å². The van der Waals surface area contributed by atoms with Crippen LogP contribution in [-0.4, -0.2) is 30.6 Å². The zero-order valence-electron chi connectivity index (χ0n) is 14.7. The molecule has 1 aliphatic heterocycles. The lowest BCUT2D eigenvalue weighted by Gasteiger charge is -2.29. The topological polar surface area (TPSA) is 48.3 Å². The van der Waals surface area contributed by atoms with Gasteiger partial charge >= 0.3 is 0 Å². The lowest BCUT2D eigenvalue weighted by atomic mass is 10.0. The van der Waals surface area contributed by atoms with E-state index in [1.165, 1.54) is 17.3 Å². The molecule has 6 heteroatoms. The van der Waals surface area contributed by atoms with Gasteiger partial charge in [-0.2, -0.15) is 4.98 Å². The number of nitrogens with one attached hydrogen (secondary N) is 1. The molecular weight excluding hydrogens is 331 g/mol. The van der Waals surface area contributed by atoms with Crippen LogP contribution in [0.4, 0.5) is 16.1 Å². The monoisotopic (exact) mass is 350 g/mol. The summed E-state index contributed by atoms with van der Waals surface area (Å²) in [4.78, 5) is 12.1. The third kappa shape index (κ3) is 2.33. The van der Waals surface area contributed by atoms with Gasteiger partial charge in [-0.15, -0.1) is 0 Å². The van der Waals surface area contributed by atoms with Gasteiger partial charge in [0.15, 0.2) is 5.58 Å². The Balaban J connectivity index is 1.52. The number of benzene rings is 2. The summed E-state index contributed by atoms with van der Waals surface area (Å²) in [5.41, 5.74) is 6.10. The van der Waals surface area contributed by atoms with Crippen LogP contribution < -0.4 is 9.80 Å². The summed E-state index contributed by atoms with van der Waals surface area (Å²) < 4.78 is 19.2. The van der Waals surface area contributed by atoms with Gasteiger partial charge in [0.2, 0.25) is 0 Å². The van der Waals surface area contributed by atoms with E-state index in [1.54, 1.807) is 6.07 Å². The summed E-state index contributed by atoms with van der Waals surface area (Å²) in [6.07, 6.45) is 0.908. The van der Waals surface area contributed by atoms with Crippen LogP contribution in [0.15, 0.2) is 40.8 Å². The Kier molecular flexibility index (Phi) is 3.22. The van der Waals surface area contributed by atoms with E-state index >= 15 is 0 Å². The highest BCUT2D eigenvalue weighted by atomic mass is 19.1. The second kappa shape index (κ2) is 5.49. The molecule has 26 heavy (non-hydrogen) atoms. The minimum atomic E-state index is -0.207. The summed E-state index contributed by atoms with van der Waals surface area (Å²) in [6.45, 7) is 1.71. The first-order chi connectivity index (χ1) is 12.6. The molecule has 4 aromatic rings. The van der Waals surface area contributed by atoms with Crippen LogP contribution in [0, 0.1) is 5.82 Å². The van der Waals surface area contributed by atoms with E-state index in [0.717, 1.165) is 47.2 Å². The van der Waals surface area contributed by atoms with Gasteiger partial charge in [0.05, 0.1) is 0 Å². The number of anilines is 2. The molecule has 2 aromatic carbocycles. The second-order valence-corrected chi connectivity index (χ2v) is 6.99. The van der Waals surface area contributed by atoms with E-state index in [0.29, 0.717) is 6.01 Å². The Bertz CT molecular complexity index is 1130. The van der Waals surface area contributed by atoms with Crippen molar-refractivity contribution in [3.05, 3.63) is 53.5 Å². The fourth-order valence-corrected chi connectivity index (χ4v) is 3.71. The fraction of sp³-hybridized carbons (Fsp3) is 0.250. The Hall–Kier alpha value is -3.02. The SMILES string of the molecule is CN(C)c1nc2cc(N3CCc4[nH]c5cc(F)ccc5c4C3)ccc2o1. The first-order valence-corrected chi connectivity index (χ1v) is 8.70. The van der Waals surface area contributed by atoms with E-state index in [9.17, 15) is 4.39 Å². The maximum atomic E-state index is 13.5. The van der Waals surface area contributed by atoms with Crippen molar-refractivity contribution in [2.75, 3.05) is 30.4 Å². The minimum Gasteiger partial charge on any atom is -0.423 e. The van der Waals surface area contributed by atoms with Crippen LogP contribution in [0.3, 0.4) is 0 Å². The molecule has 2 aromatic heterocycles. The molecular formula is C20H19FN4O. The normalized spacial score (nSPS) is 14.2. The van der Waals surface area contributed by atoms with Gasteiger partial charge in [0.1, 0.15) is 11.3 Å². The van der Waals surface area contributed by atoms with Gasteiger partial charge in [-0.25, -0.2) is 4.39 Å². The highest BCUT2D eigenvalue weighted by molar-refractivity contribution is 5.86. The van der Waals surface area contributed by atoms with E-state index in [4.69, 9.17) is 4.42 Å². The molecule has 0 unspecified atom stereocenters. The van der Waals surface area contributed by atoms with E-state index in [2.05, 4.69) is 27.0 Å². The van der Waals surface area contributed by atoms with Gasteiger partial charge in [-0.3, -0.25) is 0 Å². The van der Waals surface area contributed by atoms with Crippen LogP contribution in [0.1, 0.15) is 11.3 Å². The first kappa shape index (κ1) is 15.3. The first-order valence-electron chi connectivity index (χ1n) is 8.70. The lowest BCUT2D eigenvalue weighted by Crippen LogP contribution is -2.29. The van der Waals surface area contributed by atoms with Crippen molar-refractivity contribution in [1.82, 2.24) is 9.97 Å². The third-order valence-corrected chi connectivity index (χ3v) is 5.04. The molecule has 3 heterocycles. The zero-order valence-corrected chi connectivity index (χ0v) is 14.7. The number of H-pyrrole nitrogens is 1. The fourth-order valence-electron chi connectivity index (χ4n) is 3.71. The lowest BCUT2D eigenvalue weighted by molar-refractivity contribution is 0.596. The smallest absolute Gasteiger partial charge is 0.297 e. The van der Waals surface area contributed by atoms with Gasteiger partial charge in [-0.1, -0.05) is 0 Å². The molecule has 132 valence electrons. The van der Waals surface area contributed by atoms with E-state index < -0.39 is 0 Å². The minimum absolute atomic E-state index is 0.207. The quantitative estimate of drug-likeness (QED) is 0.592. The maximum absolute atomic E-state index is 13.5. The van der Waals surface area contributed by atoms with Crippen LogP contribution in [-0.2, 0) is 13.0 Å². The number of aromatic nitrogens is 2. The molecule has 0 bridgehead atoms. The predicted molar refractivity (Wildman–Crippen MR) is 101 cm³/mol. The summed E-state index contributed by atoms with van der Waals surface area (Å²) in [5.74, 6) is -0.207. The largest absolute Gasteiger partial charge is 0.423 e. The molecule has 0 aliphatic carbocycles. The van der Waals surface area contributed by atoms with Gasteiger partial charge in [0, 0.05) is 61.5 Å². The number of hydrogen-bond acceptors (Lipinski definition) is 4. The molecule has 0 amide bonds. The van der Waals surface area contributed by atoms with Crippen molar-refractivity contribution in [3.8, 4) is 0 Å². The van der Waals surface area contributed by atoms with Crippen LogP contribution in [0.5, 0.6) is 0 Å². The Labute approximate surface area is 150 Å². The molecule has 5 nitrogen and oxygen atoms in total. The molecule has 1 aliphatic rings. The number of hydrogen-bond donors (Lipinski definition) is 1.